The van der Waals surface area contributed by atoms with Crippen LogP contribution in [-0.4, -0.2) is 45.8 Å². The highest BCUT2D eigenvalue weighted by Gasteiger charge is 2.39. The van der Waals surface area contributed by atoms with E-state index in [0.29, 0.717) is 12.1 Å². The molecule has 1 fully saturated rings. The van der Waals surface area contributed by atoms with Crippen LogP contribution in [0, 0.1) is 17.5 Å². The number of β-amino-alcohol motifs (C(OH)–C–C–N with tert-alkyl or cyclic N) is 1. The Bertz CT molecular complexity index is 573. The molecule has 1 aromatic carbocycles. The van der Waals surface area contributed by atoms with Gasteiger partial charge in [-0.05, 0) is 0 Å². The van der Waals surface area contributed by atoms with Gasteiger partial charge in [-0.15, -0.1) is 0 Å². The quantitative estimate of drug-likeness (QED) is 0.764. The van der Waals surface area contributed by atoms with E-state index in [1.54, 1.807) is 0 Å². The standard InChI is InChI=1S/C12H11F3N2O4/c13-5-1-7(14)10(8(15)2-5)16-12(21)17-4-6(18)3-9(17)11(19)20/h1-2,6,9,18H,3-4H2,(H,16,21)(H,19,20)/t6-,9-/m1/s1. The van der Waals surface area contributed by atoms with Gasteiger partial charge in [-0.1, -0.05) is 0 Å². The van der Waals surface area contributed by atoms with Crippen molar-refractivity contribution in [3.05, 3.63) is 29.6 Å². The minimum Gasteiger partial charge on any atom is -0.480 e. The van der Waals surface area contributed by atoms with Gasteiger partial charge in [-0.25, -0.2) is 22.8 Å². The molecule has 6 nitrogen and oxygen atoms in total. The van der Waals surface area contributed by atoms with Gasteiger partial charge in [0.1, 0.15) is 17.5 Å². The van der Waals surface area contributed by atoms with Gasteiger partial charge in [0, 0.05) is 25.1 Å². The molecule has 2 rings (SSSR count). The third-order valence-corrected chi connectivity index (χ3v) is 3.06. The molecule has 1 aliphatic heterocycles. The summed E-state index contributed by atoms with van der Waals surface area (Å²) in [6.07, 6.45) is -1.23. The predicted molar refractivity (Wildman–Crippen MR) is 64.1 cm³/mol. The van der Waals surface area contributed by atoms with E-state index in [9.17, 15) is 27.9 Å². The zero-order chi connectivity index (χ0) is 15.7. The number of aliphatic carboxylic acids is 1. The van der Waals surface area contributed by atoms with Gasteiger partial charge in [0.25, 0.3) is 0 Å². The van der Waals surface area contributed by atoms with Crippen LogP contribution >= 0.6 is 0 Å². The Kier molecular flexibility index (Phi) is 4.03. The number of carboxylic acids is 1. The van der Waals surface area contributed by atoms with E-state index in [4.69, 9.17) is 5.11 Å². The number of carbonyl (C=O) groups is 2. The average Bonchev–Trinajstić information content (AvgIpc) is 2.76. The highest BCUT2D eigenvalue weighted by atomic mass is 19.1. The molecule has 1 aliphatic rings. The minimum absolute atomic E-state index is 0.183. The fourth-order valence-electron chi connectivity index (χ4n) is 2.11. The molecule has 21 heavy (non-hydrogen) atoms. The smallest absolute Gasteiger partial charge is 0.326 e. The first-order valence-electron chi connectivity index (χ1n) is 5.92. The molecule has 1 heterocycles. The average molecular weight is 304 g/mol. The summed E-state index contributed by atoms with van der Waals surface area (Å²) in [6.45, 7) is -0.284. The van der Waals surface area contributed by atoms with Crippen LogP contribution in [0.2, 0.25) is 0 Å². The molecule has 0 spiro atoms. The maximum absolute atomic E-state index is 13.4. The molecular formula is C12H11F3N2O4. The maximum atomic E-state index is 13.4. The van der Waals surface area contributed by atoms with Gasteiger partial charge < -0.3 is 20.4 Å². The Labute approximate surface area is 116 Å². The number of halogens is 3. The van der Waals surface area contributed by atoms with Gasteiger partial charge in [0.15, 0.2) is 11.6 Å². The number of carboxylic acid groups (broad SMARTS) is 1. The third-order valence-electron chi connectivity index (χ3n) is 3.06. The van der Waals surface area contributed by atoms with Gasteiger partial charge in [-0.3, -0.25) is 0 Å². The van der Waals surface area contributed by atoms with Crippen molar-refractivity contribution in [2.45, 2.75) is 18.6 Å². The number of likely N-dealkylation sites (tertiary alicyclic amines) is 1. The first kappa shape index (κ1) is 15.1. The number of aliphatic hydroxyl groups is 1. The third kappa shape index (κ3) is 3.07. The van der Waals surface area contributed by atoms with Crippen LogP contribution in [0.3, 0.4) is 0 Å². The van der Waals surface area contributed by atoms with Crippen molar-refractivity contribution in [3.8, 4) is 0 Å². The molecule has 114 valence electrons. The second-order valence-corrected chi connectivity index (χ2v) is 4.57. The van der Waals surface area contributed by atoms with Crippen molar-refractivity contribution < 1.29 is 33.0 Å². The number of amides is 2. The zero-order valence-corrected chi connectivity index (χ0v) is 10.5. The summed E-state index contributed by atoms with van der Waals surface area (Å²) in [5, 5.41) is 20.2. The maximum Gasteiger partial charge on any atom is 0.326 e. The number of urea groups is 1. The summed E-state index contributed by atoms with van der Waals surface area (Å²) >= 11 is 0. The van der Waals surface area contributed by atoms with Crippen LogP contribution < -0.4 is 5.32 Å². The molecule has 0 unspecified atom stereocenters. The van der Waals surface area contributed by atoms with E-state index in [0.717, 1.165) is 4.90 Å². The van der Waals surface area contributed by atoms with Crippen LogP contribution in [0.1, 0.15) is 6.42 Å². The van der Waals surface area contributed by atoms with Crippen LogP contribution in [0.15, 0.2) is 12.1 Å². The summed E-state index contributed by atoms with van der Waals surface area (Å²) in [5.74, 6) is -5.15. The molecule has 0 radical (unpaired) electrons. The lowest BCUT2D eigenvalue weighted by Gasteiger charge is -2.21. The minimum atomic E-state index is -1.35. The lowest BCUT2D eigenvalue weighted by atomic mass is 10.2. The number of carbonyl (C=O) groups excluding carboxylic acids is 1. The first-order valence-corrected chi connectivity index (χ1v) is 5.92. The number of anilines is 1. The fourth-order valence-corrected chi connectivity index (χ4v) is 2.11. The van der Waals surface area contributed by atoms with Gasteiger partial charge in [0.2, 0.25) is 0 Å². The van der Waals surface area contributed by atoms with Gasteiger partial charge in [0.05, 0.1) is 6.10 Å². The van der Waals surface area contributed by atoms with Crippen molar-refractivity contribution in [1.82, 2.24) is 4.90 Å². The van der Waals surface area contributed by atoms with Gasteiger partial charge >= 0.3 is 12.0 Å². The second-order valence-electron chi connectivity index (χ2n) is 4.57. The number of nitrogens with one attached hydrogen (secondary N) is 1. The molecule has 1 saturated heterocycles. The SMILES string of the molecule is O=C(O)[C@H]1C[C@@H](O)CN1C(=O)Nc1c(F)cc(F)cc1F. The molecule has 9 heteroatoms. The number of nitrogens with zero attached hydrogens (tertiary/aromatic N) is 1. The van der Waals surface area contributed by atoms with Crippen LogP contribution in [0.25, 0.3) is 0 Å². The van der Waals surface area contributed by atoms with Crippen LogP contribution in [0.5, 0.6) is 0 Å². The number of hydrogen-bond acceptors (Lipinski definition) is 3. The van der Waals surface area contributed by atoms with Crippen molar-refractivity contribution in [2.75, 3.05) is 11.9 Å². The van der Waals surface area contributed by atoms with Gasteiger partial charge in [-0.2, -0.15) is 0 Å². The van der Waals surface area contributed by atoms with E-state index in [1.165, 1.54) is 0 Å². The van der Waals surface area contributed by atoms with E-state index in [-0.39, 0.29) is 13.0 Å². The molecule has 0 bridgehead atoms. The van der Waals surface area contributed by atoms with Crippen LogP contribution in [-0.2, 0) is 4.79 Å². The Hall–Kier alpha value is -2.29. The first-order chi connectivity index (χ1) is 9.79. The number of hydrogen-bond donors (Lipinski definition) is 3. The van der Waals surface area contributed by atoms with E-state index in [1.807, 2.05) is 5.32 Å². The number of benzene rings is 1. The second kappa shape index (κ2) is 5.60. The van der Waals surface area contributed by atoms with E-state index >= 15 is 0 Å². The van der Waals surface area contributed by atoms with Crippen molar-refractivity contribution >= 4 is 17.7 Å². The Morgan fingerprint density at radius 1 is 1.24 bits per heavy atom. The Morgan fingerprint density at radius 2 is 1.81 bits per heavy atom. The molecule has 0 aliphatic carbocycles. The Balaban J connectivity index is 2.20. The topological polar surface area (TPSA) is 89.9 Å². The lowest BCUT2D eigenvalue weighted by Crippen LogP contribution is -2.43. The summed E-state index contributed by atoms with van der Waals surface area (Å²) in [5.41, 5.74) is -0.882. The number of rotatable bonds is 2. The monoisotopic (exact) mass is 304 g/mol. The largest absolute Gasteiger partial charge is 0.480 e. The molecule has 2 atom stereocenters. The molecule has 1 aromatic rings. The van der Waals surface area contributed by atoms with Crippen LogP contribution in [0.4, 0.5) is 23.7 Å². The Morgan fingerprint density at radius 3 is 2.33 bits per heavy atom. The highest BCUT2D eigenvalue weighted by Crippen LogP contribution is 2.23. The van der Waals surface area contributed by atoms with E-state index < -0.39 is 47.3 Å². The molecule has 3 N–H and O–H groups in total. The van der Waals surface area contributed by atoms with E-state index in [2.05, 4.69) is 0 Å². The highest BCUT2D eigenvalue weighted by molar-refractivity contribution is 5.93. The van der Waals surface area contributed by atoms with Crippen molar-refractivity contribution in [2.24, 2.45) is 0 Å². The van der Waals surface area contributed by atoms with Crippen molar-refractivity contribution in [3.63, 3.8) is 0 Å². The summed E-state index contributed by atoms with van der Waals surface area (Å²) < 4.78 is 39.6. The summed E-state index contributed by atoms with van der Waals surface area (Å²) in [6, 6.07) is -1.63. The summed E-state index contributed by atoms with van der Waals surface area (Å²) in [7, 11) is 0. The molecule has 0 aromatic heterocycles. The number of aliphatic hydroxyl groups excluding tert-OH is 1. The molecule has 0 saturated carbocycles. The fraction of sp³-hybridized carbons (Fsp3) is 0.333. The predicted octanol–water partition coefficient (Wildman–Crippen LogP) is 1.16. The lowest BCUT2D eigenvalue weighted by molar-refractivity contribution is -0.141. The van der Waals surface area contributed by atoms with Crippen molar-refractivity contribution in [1.29, 1.82) is 0 Å². The molecule has 2 amide bonds. The normalized spacial score (nSPS) is 21.4. The molecular weight excluding hydrogens is 293 g/mol. The zero-order valence-electron chi connectivity index (χ0n) is 10.5. The summed E-state index contributed by atoms with van der Waals surface area (Å²) in [4.78, 5) is 23.6.